The third-order valence-electron chi connectivity index (χ3n) is 2.87. The zero-order chi connectivity index (χ0) is 13.1. The van der Waals surface area contributed by atoms with Crippen LogP contribution in [0.4, 0.5) is 0 Å². The zero-order valence-corrected chi connectivity index (χ0v) is 11.6. The number of hydrogen-bond acceptors (Lipinski definition) is 3. The van der Waals surface area contributed by atoms with Crippen LogP contribution in [0.5, 0.6) is 5.75 Å². The molecule has 5 heteroatoms. The Labute approximate surface area is 112 Å². The molecule has 1 aromatic heterocycles. The average molecular weight is 263 g/mol. The smallest absolute Gasteiger partial charge is 0.194 e. The molecule has 0 radical (unpaired) electrons. The standard InChI is InChI=1S/C13H17N3OS/c1-9(2)10-6-4-5-7-11(10)17-8-12-14-15-13(18)16(12)3/h4-7,9H,8H2,1-3H3,(H,15,18). The number of H-pyrrole nitrogens is 1. The van der Waals surface area contributed by atoms with Crippen molar-refractivity contribution < 1.29 is 4.74 Å². The molecule has 2 aromatic rings. The van der Waals surface area contributed by atoms with E-state index < -0.39 is 0 Å². The Morgan fingerprint density at radius 2 is 2.11 bits per heavy atom. The van der Waals surface area contributed by atoms with Crippen molar-refractivity contribution in [3.05, 3.63) is 40.4 Å². The second kappa shape index (κ2) is 5.35. The van der Waals surface area contributed by atoms with Gasteiger partial charge in [-0.05, 0) is 29.8 Å². The fourth-order valence-corrected chi connectivity index (χ4v) is 1.89. The summed E-state index contributed by atoms with van der Waals surface area (Å²) in [5, 5.41) is 6.87. The average Bonchev–Trinajstić information content (AvgIpc) is 2.68. The van der Waals surface area contributed by atoms with Gasteiger partial charge in [-0.25, -0.2) is 0 Å². The molecule has 0 aliphatic carbocycles. The van der Waals surface area contributed by atoms with E-state index in [0.717, 1.165) is 11.6 Å². The molecule has 1 heterocycles. The van der Waals surface area contributed by atoms with Gasteiger partial charge < -0.3 is 9.30 Å². The van der Waals surface area contributed by atoms with Crippen LogP contribution >= 0.6 is 12.2 Å². The lowest BCUT2D eigenvalue weighted by atomic mass is 10.0. The van der Waals surface area contributed by atoms with E-state index in [-0.39, 0.29) is 0 Å². The van der Waals surface area contributed by atoms with Gasteiger partial charge in [0.25, 0.3) is 0 Å². The number of para-hydroxylation sites is 1. The van der Waals surface area contributed by atoms with Gasteiger partial charge in [-0.15, -0.1) is 0 Å². The van der Waals surface area contributed by atoms with Crippen molar-refractivity contribution in [2.24, 2.45) is 7.05 Å². The molecule has 0 saturated carbocycles. The van der Waals surface area contributed by atoms with Gasteiger partial charge in [0.05, 0.1) is 0 Å². The molecule has 0 spiro atoms. The Morgan fingerprint density at radius 3 is 2.72 bits per heavy atom. The molecule has 0 saturated heterocycles. The third kappa shape index (κ3) is 2.61. The Hall–Kier alpha value is -1.62. The number of ether oxygens (including phenoxy) is 1. The predicted octanol–water partition coefficient (Wildman–Crippen LogP) is 3.18. The number of nitrogens with one attached hydrogen (secondary N) is 1. The minimum absolute atomic E-state index is 0.410. The van der Waals surface area contributed by atoms with E-state index in [4.69, 9.17) is 17.0 Å². The van der Waals surface area contributed by atoms with Gasteiger partial charge in [-0.3, -0.25) is 5.10 Å². The van der Waals surface area contributed by atoms with Crippen LogP contribution in [0.2, 0.25) is 0 Å². The van der Waals surface area contributed by atoms with Crippen molar-refractivity contribution in [1.29, 1.82) is 0 Å². The van der Waals surface area contributed by atoms with Crippen LogP contribution in [0.25, 0.3) is 0 Å². The SMILES string of the molecule is CC(C)c1ccccc1OCc1n[nH]c(=S)n1C. The molecule has 0 fully saturated rings. The molecule has 0 aliphatic heterocycles. The van der Waals surface area contributed by atoms with E-state index in [0.29, 0.717) is 17.3 Å². The van der Waals surface area contributed by atoms with Gasteiger partial charge in [0.2, 0.25) is 0 Å². The van der Waals surface area contributed by atoms with Crippen molar-refractivity contribution in [2.45, 2.75) is 26.4 Å². The number of aromatic amines is 1. The topological polar surface area (TPSA) is 42.8 Å². The van der Waals surface area contributed by atoms with E-state index in [9.17, 15) is 0 Å². The molecule has 18 heavy (non-hydrogen) atoms. The van der Waals surface area contributed by atoms with Crippen molar-refractivity contribution in [1.82, 2.24) is 14.8 Å². The van der Waals surface area contributed by atoms with Crippen LogP contribution in [0, 0.1) is 4.77 Å². The lowest BCUT2D eigenvalue weighted by Crippen LogP contribution is -2.05. The molecule has 0 unspecified atom stereocenters. The largest absolute Gasteiger partial charge is 0.485 e. The summed E-state index contributed by atoms with van der Waals surface area (Å²) in [7, 11) is 1.87. The number of benzene rings is 1. The Bertz CT molecular complexity index is 586. The van der Waals surface area contributed by atoms with Gasteiger partial charge in [0, 0.05) is 7.05 Å². The summed E-state index contributed by atoms with van der Waals surface area (Å²) in [4.78, 5) is 0. The lowest BCUT2D eigenvalue weighted by molar-refractivity contribution is 0.287. The fraction of sp³-hybridized carbons (Fsp3) is 0.385. The highest BCUT2D eigenvalue weighted by Gasteiger charge is 2.08. The number of aromatic nitrogens is 3. The highest BCUT2D eigenvalue weighted by Crippen LogP contribution is 2.26. The van der Waals surface area contributed by atoms with Crippen LogP contribution < -0.4 is 4.74 Å². The molecule has 0 aliphatic rings. The van der Waals surface area contributed by atoms with Crippen LogP contribution in [0.1, 0.15) is 31.2 Å². The molecule has 0 amide bonds. The summed E-state index contributed by atoms with van der Waals surface area (Å²) in [6.07, 6.45) is 0. The molecule has 96 valence electrons. The minimum Gasteiger partial charge on any atom is -0.485 e. The van der Waals surface area contributed by atoms with Gasteiger partial charge in [-0.1, -0.05) is 32.0 Å². The first-order valence-corrected chi connectivity index (χ1v) is 6.32. The Balaban J connectivity index is 2.16. The molecule has 4 nitrogen and oxygen atoms in total. The maximum absolute atomic E-state index is 5.83. The first-order valence-electron chi connectivity index (χ1n) is 5.91. The number of hydrogen-bond donors (Lipinski definition) is 1. The van der Waals surface area contributed by atoms with E-state index in [1.165, 1.54) is 5.56 Å². The van der Waals surface area contributed by atoms with Crippen molar-refractivity contribution >= 4 is 12.2 Å². The van der Waals surface area contributed by atoms with Crippen LogP contribution in [0.15, 0.2) is 24.3 Å². The van der Waals surface area contributed by atoms with Crippen LogP contribution in [-0.2, 0) is 13.7 Å². The lowest BCUT2D eigenvalue weighted by Gasteiger charge is -2.13. The van der Waals surface area contributed by atoms with Crippen LogP contribution in [0.3, 0.4) is 0 Å². The van der Waals surface area contributed by atoms with Gasteiger partial charge >= 0.3 is 0 Å². The first-order chi connectivity index (χ1) is 8.59. The van der Waals surface area contributed by atoms with Crippen LogP contribution in [-0.4, -0.2) is 14.8 Å². The maximum atomic E-state index is 5.83. The molecule has 1 N–H and O–H groups in total. The summed E-state index contributed by atoms with van der Waals surface area (Å²) < 4.78 is 8.24. The molecule has 1 aromatic carbocycles. The Kier molecular flexibility index (Phi) is 3.81. The van der Waals surface area contributed by atoms with E-state index in [1.807, 2.05) is 29.8 Å². The van der Waals surface area contributed by atoms with Gasteiger partial charge in [0.15, 0.2) is 10.6 Å². The zero-order valence-electron chi connectivity index (χ0n) is 10.8. The fourth-order valence-electron chi connectivity index (χ4n) is 1.74. The van der Waals surface area contributed by atoms with Crippen molar-refractivity contribution in [3.63, 3.8) is 0 Å². The predicted molar refractivity (Wildman–Crippen MR) is 73.3 cm³/mol. The molecular formula is C13H17N3OS. The molecular weight excluding hydrogens is 246 g/mol. The number of nitrogens with zero attached hydrogens (tertiary/aromatic N) is 2. The number of rotatable bonds is 4. The van der Waals surface area contributed by atoms with E-state index in [2.05, 4.69) is 30.1 Å². The highest BCUT2D eigenvalue weighted by molar-refractivity contribution is 7.71. The summed E-state index contributed by atoms with van der Waals surface area (Å²) in [6, 6.07) is 8.07. The third-order valence-corrected chi connectivity index (χ3v) is 3.24. The second-order valence-electron chi connectivity index (χ2n) is 4.49. The normalized spacial score (nSPS) is 10.9. The summed E-state index contributed by atoms with van der Waals surface area (Å²) in [5.74, 6) is 2.13. The highest BCUT2D eigenvalue weighted by atomic mass is 32.1. The van der Waals surface area contributed by atoms with Crippen molar-refractivity contribution in [2.75, 3.05) is 0 Å². The summed E-state index contributed by atoms with van der Waals surface area (Å²) >= 11 is 5.06. The Morgan fingerprint density at radius 1 is 1.39 bits per heavy atom. The van der Waals surface area contributed by atoms with E-state index >= 15 is 0 Å². The van der Waals surface area contributed by atoms with Gasteiger partial charge in [0.1, 0.15) is 12.4 Å². The molecule has 2 rings (SSSR count). The quantitative estimate of drug-likeness (QED) is 0.861. The van der Waals surface area contributed by atoms with Crippen molar-refractivity contribution in [3.8, 4) is 5.75 Å². The first kappa shape index (κ1) is 12.8. The minimum atomic E-state index is 0.410. The monoisotopic (exact) mass is 263 g/mol. The summed E-state index contributed by atoms with van der Waals surface area (Å²) in [5.41, 5.74) is 1.20. The second-order valence-corrected chi connectivity index (χ2v) is 4.87. The van der Waals surface area contributed by atoms with Gasteiger partial charge in [-0.2, -0.15) is 5.10 Å². The molecule has 0 bridgehead atoms. The summed E-state index contributed by atoms with van der Waals surface area (Å²) in [6.45, 7) is 4.71. The maximum Gasteiger partial charge on any atom is 0.194 e. The molecule has 0 atom stereocenters. The van der Waals surface area contributed by atoms with E-state index in [1.54, 1.807) is 0 Å².